The van der Waals surface area contributed by atoms with Gasteiger partial charge in [-0.25, -0.2) is 9.59 Å². The highest BCUT2D eigenvalue weighted by atomic mass is 32.2. The van der Waals surface area contributed by atoms with Crippen LogP contribution in [0.25, 0.3) is 11.1 Å². The highest BCUT2D eigenvalue weighted by Crippen LogP contribution is 2.40. The molecule has 1 aliphatic heterocycles. The van der Waals surface area contributed by atoms with Crippen molar-refractivity contribution in [2.75, 3.05) is 18.9 Å². The Labute approximate surface area is 283 Å². The lowest BCUT2D eigenvalue weighted by Crippen LogP contribution is -2.38. The Morgan fingerprint density at radius 3 is 2.33 bits per heavy atom. The van der Waals surface area contributed by atoms with Gasteiger partial charge >= 0.3 is 18.0 Å². The molecular weight excluding hydrogens is 632 g/mol. The lowest BCUT2D eigenvalue weighted by Gasteiger charge is -2.36. The number of ether oxygens (including phenoxy) is 3. The summed E-state index contributed by atoms with van der Waals surface area (Å²) in [6.07, 6.45) is -0.567. The van der Waals surface area contributed by atoms with E-state index in [-0.39, 0.29) is 44.1 Å². The van der Waals surface area contributed by atoms with Gasteiger partial charge in [-0.2, -0.15) is 0 Å². The fourth-order valence-electron chi connectivity index (χ4n) is 5.28. The van der Waals surface area contributed by atoms with Crippen molar-refractivity contribution in [1.29, 1.82) is 0 Å². The molecule has 48 heavy (non-hydrogen) atoms. The van der Waals surface area contributed by atoms with Crippen molar-refractivity contribution < 1.29 is 38.8 Å². The monoisotopic (exact) mass is 670 g/mol. The Hall–Kier alpha value is -4.68. The predicted octanol–water partition coefficient (Wildman–Crippen LogP) is 6.24. The Kier molecular flexibility index (Phi) is 12.2. The second-order valence-corrected chi connectivity index (χ2v) is 12.2. The Bertz CT molecular complexity index is 1700. The average Bonchev–Trinajstić information content (AvgIpc) is 3.12. The molecule has 1 aliphatic rings. The number of aliphatic hydroxyl groups is 1. The number of aromatic carboxylic acids is 1. The number of hydrogen-bond donors (Lipinski definition) is 4. The topological polar surface area (TPSA) is 143 Å². The summed E-state index contributed by atoms with van der Waals surface area (Å²) in [6.45, 7) is 1.99. The van der Waals surface area contributed by atoms with Gasteiger partial charge < -0.3 is 35.1 Å². The van der Waals surface area contributed by atoms with Gasteiger partial charge in [-0.1, -0.05) is 78.9 Å². The van der Waals surface area contributed by atoms with Crippen LogP contribution in [0, 0.1) is 0 Å². The zero-order chi connectivity index (χ0) is 33.9. The van der Waals surface area contributed by atoms with Crippen LogP contribution in [-0.2, 0) is 32.2 Å². The van der Waals surface area contributed by atoms with E-state index in [0.717, 1.165) is 33.4 Å². The zero-order valence-electron chi connectivity index (χ0n) is 26.5. The van der Waals surface area contributed by atoms with E-state index in [1.165, 1.54) is 11.8 Å². The second-order valence-electron chi connectivity index (χ2n) is 11.1. The van der Waals surface area contributed by atoms with Gasteiger partial charge in [0.15, 0.2) is 6.29 Å². The Balaban J connectivity index is 1.27. The van der Waals surface area contributed by atoms with E-state index < -0.39 is 24.3 Å². The van der Waals surface area contributed by atoms with Gasteiger partial charge in [0, 0.05) is 29.2 Å². The molecule has 4 aromatic carbocycles. The standard InChI is InChI=1S/C37H38N2O8S/c1-2-45-34(41)21-39-37(44)38-20-25-6-5-7-29(18-25)26-14-16-28(17-15-26)36-46-30(23-48-33-9-4-3-8-31(33)35(42)43)19-32(47-36)27-12-10-24(22-40)11-13-27/h3-18,30,32,36,40H,2,19-23H2,1H3,(H,42,43)(H2,38,39,44). The van der Waals surface area contributed by atoms with Gasteiger partial charge in [0.1, 0.15) is 6.54 Å². The maximum Gasteiger partial charge on any atom is 0.336 e. The Morgan fingerprint density at radius 1 is 0.854 bits per heavy atom. The van der Waals surface area contributed by atoms with Crippen molar-refractivity contribution in [1.82, 2.24) is 10.6 Å². The fraction of sp³-hybridized carbons (Fsp3) is 0.270. The summed E-state index contributed by atoms with van der Waals surface area (Å²) in [7, 11) is 0. The number of thioether (sulfide) groups is 1. The van der Waals surface area contributed by atoms with Crippen LogP contribution >= 0.6 is 11.8 Å². The van der Waals surface area contributed by atoms with Crippen LogP contribution in [0.1, 0.15) is 58.4 Å². The van der Waals surface area contributed by atoms with E-state index in [0.29, 0.717) is 17.1 Å². The molecule has 3 atom stereocenters. The largest absolute Gasteiger partial charge is 0.478 e. The maximum absolute atomic E-state index is 12.1. The van der Waals surface area contributed by atoms with Crippen molar-refractivity contribution in [2.45, 2.75) is 49.9 Å². The summed E-state index contributed by atoms with van der Waals surface area (Å²) in [5.74, 6) is -0.927. The van der Waals surface area contributed by atoms with Crippen LogP contribution in [-0.4, -0.2) is 53.2 Å². The van der Waals surface area contributed by atoms with E-state index in [2.05, 4.69) is 10.6 Å². The highest BCUT2D eigenvalue weighted by molar-refractivity contribution is 7.99. The number of amides is 2. The summed E-state index contributed by atoms with van der Waals surface area (Å²) < 4.78 is 17.8. The number of carbonyl (C=O) groups is 3. The molecule has 2 amide bonds. The van der Waals surface area contributed by atoms with Gasteiger partial charge in [-0.15, -0.1) is 11.8 Å². The molecule has 0 bridgehead atoms. The second kappa shape index (κ2) is 16.9. The van der Waals surface area contributed by atoms with Gasteiger partial charge in [0.25, 0.3) is 0 Å². The van der Waals surface area contributed by atoms with Gasteiger partial charge in [-0.3, -0.25) is 4.79 Å². The third kappa shape index (κ3) is 9.45. The van der Waals surface area contributed by atoms with E-state index in [4.69, 9.17) is 14.2 Å². The third-order valence-corrected chi connectivity index (χ3v) is 8.96. The molecule has 3 unspecified atom stereocenters. The van der Waals surface area contributed by atoms with Crippen LogP contribution in [0.5, 0.6) is 0 Å². The SMILES string of the molecule is CCOC(=O)CNC(=O)NCc1cccc(-c2ccc(C3OC(CSc4ccccc4C(=O)O)CC(c4ccc(CO)cc4)O3)cc2)c1. The van der Waals surface area contributed by atoms with E-state index in [1.807, 2.05) is 78.9 Å². The quantitative estimate of drug-likeness (QED) is 0.0960. The minimum atomic E-state index is -0.968. The Morgan fingerprint density at radius 2 is 1.60 bits per heavy atom. The van der Waals surface area contributed by atoms with Crippen molar-refractivity contribution in [2.24, 2.45) is 0 Å². The number of carbonyl (C=O) groups excluding carboxylic acids is 2. The first kappa shape index (κ1) is 34.6. The predicted molar refractivity (Wildman–Crippen MR) is 181 cm³/mol. The maximum atomic E-state index is 12.1. The fourth-order valence-corrected chi connectivity index (χ4v) is 6.34. The number of nitrogens with one attached hydrogen (secondary N) is 2. The summed E-state index contributed by atoms with van der Waals surface area (Å²) in [5.41, 5.74) is 5.71. The lowest BCUT2D eigenvalue weighted by atomic mass is 9.99. The van der Waals surface area contributed by atoms with Crippen LogP contribution in [0.4, 0.5) is 4.79 Å². The molecule has 5 rings (SSSR count). The van der Waals surface area contributed by atoms with Crippen molar-refractivity contribution >= 4 is 29.7 Å². The molecule has 1 heterocycles. The number of carboxylic acids is 1. The van der Waals surface area contributed by atoms with Gasteiger partial charge in [0.05, 0.1) is 31.0 Å². The molecule has 1 saturated heterocycles. The molecule has 0 spiro atoms. The number of rotatable bonds is 13. The molecule has 0 radical (unpaired) electrons. The number of benzene rings is 4. The first-order valence-corrected chi connectivity index (χ1v) is 16.6. The molecule has 11 heteroatoms. The van der Waals surface area contributed by atoms with Crippen LogP contribution in [0.2, 0.25) is 0 Å². The molecular formula is C37H38N2O8S. The summed E-state index contributed by atoms with van der Waals surface area (Å²) >= 11 is 1.45. The summed E-state index contributed by atoms with van der Waals surface area (Å²) in [5, 5.41) is 24.4. The molecule has 0 saturated carbocycles. The molecule has 4 N–H and O–H groups in total. The third-order valence-electron chi connectivity index (χ3n) is 7.75. The molecule has 0 aliphatic carbocycles. The normalized spacial score (nSPS) is 17.3. The molecule has 0 aromatic heterocycles. The van der Waals surface area contributed by atoms with Crippen LogP contribution in [0.15, 0.2) is 102 Å². The smallest absolute Gasteiger partial charge is 0.336 e. The number of urea groups is 1. The first-order valence-electron chi connectivity index (χ1n) is 15.6. The van der Waals surface area contributed by atoms with E-state index in [1.54, 1.807) is 25.1 Å². The summed E-state index contributed by atoms with van der Waals surface area (Å²) in [4.78, 5) is 36.0. The molecule has 250 valence electrons. The number of aliphatic hydroxyl groups excluding tert-OH is 1. The zero-order valence-corrected chi connectivity index (χ0v) is 27.3. The minimum absolute atomic E-state index is 0.0436. The average molecular weight is 671 g/mol. The van der Waals surface area contributed by atoms with Crippen molar-refractivity contribution in [3.63, 3.8) is 0 Å². The molecule has 4 aromatic rings. The molecule has 1 fully saturated rings. The van der Waals surface area contributed by atoms with Crippen molar-refractivity contribution in [3.8, 4) is 11.1 Å². The van der Waals surface area contributed by atoms with Crippen molar-refractivity contribution in [3.05, 3.63) is 125 Å². The van der Waals surface area contributed by atoms with Gasteiger partial charge in [0.2, 0.25) is 0 Å². The van der Waals surface area contributed by atoms with Crippen LogP contribution < -0.4 is 10.6 Å². The van der Waals surface area contributed by atoms with E-state index >= 15 is 0 Å². The van der Waals surface area contributed by atoms with Crippen LogP contribution in [0.3, 0.4) is 0 Å². The summed E-state index contributed by atoms with van der Waals surface area (Å²) in [6, 6.07) is 29.9. The first-order chi connectivity index (χ1) is 23.3. The van der Waals surface area contributed by atoms with E-state index in [9.17, 15) is 24.6 Å². The molecule has 10 nitrogen and oxygen atoms in total. The number of hydrogen-bond acceptors (Lipinski definition) is 8. The number of carboxylic acid groups (broad SMARTS) is 1. The number of esters is 1. The van der Waals surface area contributed by atoms with Gasteiger partial charge in [-0.05, 0) is 52.9 Å². The minimum Gasteiger partial charge on any atom is -0.478 e. The lowest BCUT2D eigenvalue weighted by molar-refractivity contribution is -0.245. The highest BCUT2D eigenvalue weighted by Gasteiger charge is 2.32.